The van der Waals surface area contributed by atoms with Crippen LogP contribution in [0.25, 0.3) is 21.7 Å². The van der Waals surface area contributed by atoms with E-state index in [9.17, 15) is 9.18 Å². The molecule has 1 aromatic carbocycles. The van der Waals surface area contributed by atoms with Crippen molar-refractivity contribution < 1.29 is 4.39 Å². The van der Waals surface area contributed by atoms with Gasteiger partial charge in [0.2, 0.25) is 0 Å². The van der Waals surface area contributed by atoms with Gasteiger partial charge in [0.1, 0.15) is 5.82 Å². The summed E-state index contributed by atoms with van der Waals surface area (Å²) in [5, 5.41) is 0.404. The Morgan fingerprint density at radius 2 is 2.00 bits per heavy atom. The number of rotatable bonds is 3. The van der Waals surface area contributed by atoms with Crippen LogP contribution in [0, 0.1) is 5.82 Å². The maximum Gasteiger partial charge on any atom is 0.250 e. The molecule has 2 N–H and O–H groups in total. The van der Waals surface area contributed by atoms with Crippen molar-refractivity contribution in [2.75, 3.05) is 5.73 Å². The second-order valence-corrected chi connectivity index (χ2v) is 6.53. The van der Waals surface area contributed by atoms with Gasteiger partial charge in [0.05, 0.1) is 10.6 Å². The minimum absolute atomic E-state index is 0.0466. The van der Waals surface area contributed by atoms with E-state index in [1.54, 1.807) is 29.0 Å². The maximum atomic E-state index is 13.5. The standard InChI is InChI=1S/C17H16FN3OS/c1-10(2)21-9-12(6-7-14(21)22)16-15(20-17(19)23-16)11-4-3-5-13(18)8-11/h3-10H,1-2H3,(H2,19,20). The van der Waals surface area contributed by atoms with E-state index < -0.39 is 0 Å². The van der Waals surface area contributed by atoms with Crippen LogP contribution in [0.2, 0.25) is 0 Å². The SMILES string of the molecule is CC(C)n1cc(-c2sc(N)nc2-c2cccc(F)c2)ccc1=O. The van der Waals surface area contributed by atoms with Crippen molar-refractivity contribution in [1.82, 2.24) is 9.55 Å². The zero-order valence-electron chi connectivity index (χ0n) is 12.8. The summed E-state index contributed by atoms with van der Waals surface area (Å²) in [5.41, 5.74) is 7.93. The van der Waals surface area contributed by atoms with Crippen LogP contribution in [0.1, 0.15) is 19.9 Å². The number of benzene rings is 1. The Balaban J connectivity index is 2.18. The van der Waals surface area contributed by atoms with E-state index in [-0.39, 0.29) is 17.4 Å². The molecule has 23 heavy (non-hydrogen) atoms. The second-order valence-electron chi connectivity index (χ2n) is 5.50. The second kappa shape index (κ2) is 5.96. The molecule has 2 heterocycles. The summed E-state index contributed by atoms with van der Waals surface area (Å²) < 4.78 is 15.2. The van der Waals surface area contributed by atoms with Crippen LogP contribution < -0.4 is 11.3 Å². The zero-order valence-corrected chi connectivity index (χ0v) is 13.6. The Morgan fingerprint density at radius 3 is 2.70 bits per heavy atom. The summed E-state index contributed by atoms with van der Waals surface area (Å²) in [6, 6.07) is 9.56. The molecule has 0 aliphatic carbocycles. The number of thiazole rings is 1. The molecule has 6 heteroatoms. The number of halogens is 1. The van der Waals surface area contributed by atoms with Crippen LogP contribution in [0.3, 0.4) is 0 Å². The molecule has 0 spiro atoms. The quantitative estimate of drug-likeness (QED) is 0.791. The van der Waals surface area contributed by atoms with E-state index in [1.165, 1.54) is 29.5 Å². The minimum atomic E-state index is -0.327. The fraction of sp³-hybridized carbons (Fsp3) is 0.176. The number of hydrogen-bond acceptors (Lipinski definition) is 4. The Morgan fingerprint density at radius 1 is 1.22 bits per heavy atom. The molecule has 0 radical (unpaired) electrons. The molecule has 118 valence electrons. The van der Waals surface area contributed by atoms with Gasteiger partial charge in [-0.3, -0.25) is 4.79 Å². The average molecular weight is 329 g/mol. The average Bonchev–Trinajstić information content (AvgIpc) is 2.89. The third-order valence-electron chi connectivity index (χ3n) is 3.50. The number of hydrogen-bond donors (Lipinski definition) is 1. The zero-order chi connectivity index (χ0) is 16.6. The lowest BCUT2D eigenvalue weighted by Crippen LogP contribution is -2.20. The Bertz CT molecular complexity index is 914. The van der Waals surface area contributed by atoms with E-state index in [0.717, 1.165) is 10.4 Å². The van der Waals surface area contributed by atoms with E-state index >= 15 is 0 Å². The van der Waals surface area contributed by atoms with Gasteiger partial charge in [-0.15, -0.1) is 0 Å². The third-order valence-corrected chi connectivity index (χ3v) is 4.43. The van der Waals surface area contributed by atoms with Crippen LogP contribution in [-0.4, -0.2) is 9.55 Å². The summed E-state index contributed by atoms with van der Waals surface area (Å²) in [6.45, 7) is 3.89. The lowest BCUT2D eigenvalue weighted by atomic mass is 10.1. The smallest absolute Gasteiger partial charge is 0.250 e. The monoisotopic (exact) mass is 329 g/mol. The van der Waals surface area contributed by atoms with Crippen molar-refractivity contribution >= 4 is 16.5 Å². The summed E-state index contributed by atoms with van der Waals surface area (Å²) in [6.07, 6.45) is 1.79. The molecule has 0 unspecified atom stereocenters. The summed E-state index contributed by atoms with van der Waals surface area (Å²) in [5.74, 6) is -0.327. The third kappa shape index (κ3) is 3.03. The predicted octanol–water partition coefficient (Wildman–Crippen LogP) is 3.94. The number of nitrogens with zero attached hydrogens (tertiary/aromatic N) is 2. The maximum absolute atomic E-state index is 13.5. The highest BCUT2D eigenvalue weighted by Crippen LogP contribution is 2.37. The number of pyridine rings is 1. The number of nitrogen functional groups attached to an aromatic ring is 1. The van der Waals surface area contributed by atoms with Crippen LogP contribution >= 0.6 is 11.3 Å². The normalized spacial score (nSPS) is 11.1. The number of nitrogens with two attached hydrogens (primary N) is 1. The van der Waals surface area contributed by atoms with Gasteiger partial charge in [-0.25, -0.2) is 9.37 Å². The first-order chi connectivity index (χ1) is 11.0. The molecule has 0 amide bonds. The predicted molar refractivity (Wildman–Crippen MR) is 92.0 cm³/mol. The molecule has 0 aliphatic heterocycles. The van der Waals surface area contributed by atoms with Crippen molar-refractivity contribution in [2.24, 2.45) is 0 Å². The molecule has 0 bridgehead atoms. The minimum Gasteiger partial charge on any atom is -0.375 e. The molecule has 0 saturated carbocycles. The molecule has 2 aromatic heterocycles. The largest absolute Gasteiger partial charge is 0.375 e. The van der Waals surface area contributed by atoms with Crippen LogP contribution in [0.5, 0.6) is 0 Å². The Hall–Kier alpha value is -2.47. The highest BCUT2D eigenvalue weighted by Gasteiger charge is 2.15. The number of aromatic nitrogens is 2. The Kier molecular flexibility index (Phi) is 4.00. The van der Waals surface area contributed by atoms with E-state index in [1.807, 2.05) is 13.8 Å². The van der Waals surface area contributed by atoms with Crippen molar-refractivity contribution in [1.29, 1.82) is 0 Å². The van der Waals surface area contributed by atoms with E-state index in [4.69, 9.17) is 5.73 Å². The summed E-state index contributed by atoms with van der Waals surface area (Å²) in [7, 11) is 0. The van der Waals surface area contributed by atoms with Gasteiger partial charge in [-0.05, 0) is 32.0 Å². The lowest BCUT2D eigenvalue weighted by molar-refractivity contribution is 0.579. The highest BCUT2D eigenvalue weighted by atomic mass is 32.1. The molecule has 0 atom stereocenters. The first-order valence-corrected chi connectivity index (χ1v) is 8.02. The van der Waals surface area contributed by atoms with E-state index in [0.29, 0.717) is 16.4 Å². The van der Waals surface area contributed by atoms with Crippen LogP contribution in [0.4, 0.5) is 9.52 Å². The van der Waals surface area contributed by atoms with Crippen molar-refractivity contribution in [3.8, 4) is 21.7 Å². The van der Waals surface area contributed by atoms with Crippen molar-refractivity contribution in [3.05, 3.63) is 58.8 Å². The van der Waals surface area contributed by atoms with E-state index in [2.05, 4.69) is 4.98 Å². The fourth-order valence-electron chi connectivity index (χ4n) is 2.41. The fourth-order valence-corrected chi connectivity index (χ4v) is 3.25. The van der Waals surface area contributed by atoms with Gasteiger partial charge >= 0.3 is 0 Å². The van der Waals surface area contributed by atoms with Gasteiger partial charge < -0.3 is 10.3 Å². The van der Waals surface area contributed by atoms with Gasteiger partial charge in [0.25, 0.3) is 5.56 Å². The first kappa shape index (κ1) is 15.4. The Labute approximate surface area is 137 Å². The van der Waals surface area contributed by atoms with Crippen molar-refractivity contribution in [3.63, 3.8) is 0 Å². The summed E-state index contributed by atoms with van der Waals surface area (Å²) in [4.78, 5) is 17.1. The highest BCUT2D eigenvalue weighted by molar-refractivity contribution is 7.19. The van der Waals surface area contributed by atoms with Crippen LogP contribution in [0.15, 0.2) is 47.4 Å². The lowest BCUT2D eigenvalue weighted by Gasteiger charge is -2.11. The first-order valence-electron chi connectivity index (χ1n) is 7.20. The molecule has 3 aromatic rings. The molecular weight excluding hydrogens is 313 g/mol. The molecule has 0 fully saturated rings. The van der Waals surface area contributed by atoms with Gasteiger partial charge in [-0.2, -0.15) is 0 Å². The molecule has 3 rings (SSSR count). The van der Waals surface area contributed by atoms with Gasteiger partial charge in [0.15, 0.2) is 5.13 Å². The topological polar surface area (TPSA) is 60.9 Å². The molecular formula is C17H16FN3OS. The number of anilines is 1. The molecule has 0 aliphatic rings. The van der Waals surface area contributed by atoms with Gasteiger partial charge in [-0.1, -0.05) is 23.5 Å². The van der Waals surface area contributed by atoms with Gasteiger partial charge in [0, 0.05) is 29.4 Å². The summed E-state index contributed by atoms with van der Waals surface area (Å²) >= 11 is 1.32. The molecule has 0 saturated heterocycles. The molecule has 4 nitrogen and oxygen atoms in total. The van der Waals surface area contributed by atoms with Crippen LogP contribution in [-0.2, 0) is 0 Å². The van der Waals surface area contributed by atoms with Crippen molar-refractivity contribution in [2.45, 2.75) is 19.9 Å².